The van der Waals surface area contributed by atoms with Gasteiger partial charge < -0.3 is 20.5 Å². The van der Waals surface area contributed by atoms with E-state index in [1.54, 1.807) is 57.1 Å². The fraction of sp³-hybridized carbons (Fsp3) is 0.276. The van der Waals surface area contributed by atoms with Crippen LogP contribution in [0.25, 0.3) is 34.1 Å². The van der Waals surface area contributed by atoms with Gasteiger partial charge in [0.15, 0.2) is 17.3 Å². The zero-order chi connectivity index (χ0) is 28.9. The largest absolute Gasteiger partial charge is 0.480 e. The van der Waals surface area contributed by atoms with E-state index in [-0.39, 0.29) is 6.42 Å². The van der Waals surface area contributed by atoms with Gasteiger partial charge in [0.25, 0.3) is 0 Å². The summed E-state index contributed by atoms with van der Waals surface area (Å²) >= 11 is 0. The molecule has 0 saturated heterocycles. The van der Waals surface area contributed by atoms with Crippen molar-refractivity contribution in [2.24, 2.45) is 0 Å². The molecule has 4 heterocycles. The van der Waals surface area contributed by atoms with Gasteiger partial charge >= 0.3 is 6.09 Å². The quantitative estimate of drug-likeness (QED) is 0.318. The van der Waals surface area contributed by atoms with E-state index in [0.29, 0.717) is 51.3 Å². The third-order valence-electron chi connectivity index (χ3n) is 6.75. The van der Waals surface area contributed by atoms with Crippen LogP contribution in [0.1, 0.15) is 37.9 Å². The summed E-state index contributed by atoms with van der Waals surface area (Å²) in [4.78, 5) is 26.4. The smallest absolute Gasteiger partial charge is 0.408 e. The van der Waals surface area contributed by atoms with Gasteiger partial charge in [-0.3, -0.25) is 4.57 Å². The molecular weight excluding hydrogens is 527 g/mol. The average molecular weight is 557 g/mol. The molecule has 6 rings (SSSR count). The van der Waals surface area contributed by atoms with Gasteiger partial charge in [-0.05, 0) is 68.3 Å². The number of alkyl halides is 1. The Morgan fingerprint density at radius 3 is 2.71 bits per heavy atom. The summed E-state index contributed by atoms with van der Waals surface area (Å²) in [7, 11) is 1.55. The lowest BCUT2D eigenvalue weighted by molar-refractivity contribution is 0.0479. The minimum atomic E-state index is -1.31. The van der Waals surface area contributed by atoms with Crippen LogP contribution in [0.15, 0.2) is 60.9 Å². The number of amides is 1. The summed E-state index contributed by atoms with van der Waals surface area (Å²) in [6.07, 6.45) is 1.53. The number of methoxy groups -OCH3 is 1. The normalized spacial score (nSPS) is 16.5. The topological polar surface area (TPSA) is 135 Å². The van der Waals surface area contributed by atoms with Crippen LogP contribution in [0.3, 0.4) is 0 Å². The summed E-state index contributed by atoms with van der Waals surface area (Å²) in [5.74, 6) is 1.86. The second-order valence-electron chi connectivity index (χ2n) is 10.7. The zero-order valence-corrected chi connectivity index (χ0v) is 23.0. The number of fused-ring (bicyclic) bond motifs is 2. The lowest BCUT2D eigenvalue weighted by atomic mass is 10.1. The Balaban J connectivity index is 1.46. The Kier molecular flexibility index (Phi) is 6.32. The van der Waals surface area contributed by atoms with Crippen LogP contribution >= 0.6 is 0 Å². The van der Waals surface area contributed by atoms with Gasteiger partial charge in [-0.1, -0.05) is 6.07 Å². The summed E-state index contributed by atoms with van der Waals surface area (Å²) in [5, 5.41) is 7.07. The van der Waals surface area contributed by atoms with E-state index in [1.807, 2.05) is 41.0 Å². The van der Waals surface area contributed by atoms with Crippen molar-refractivity contribution in [1.82, 2.24) is 34.6 Å². The fourth-order valence-electron chi connectivity index (χ4n) is 4.99. The number of hydrogen-bond donors (Lipinski definition) is 2. The van der Waals surface area contributed by atoms with Crippen molar-refractivity contribution in [3.05, 3.63) is 72.1 Å². The number of aromatic nitrogens is 6. The minimum absolute atomic E-state index is 0.131. The number of nitrogens with zero attached hydrogens (tertiary/aromatic N) is 6. The summed E-state index contributed by atoms with van der Waals surface area (Å²) in [6.45, 7) is 5.29. The molecule has 0 bridgehead atoms. The van der Waals surface area contributed by atoms with Gasteiger partial charge in [0.2, 0.25) is 5.88 Å². The molecule has 0 fully saturated rings. The molecule has 12 heteroatoms. The highest BCUT2D eigenvalue weighted by molar-refractivity contribution is 5.83. The molecule has 3 N–H and O–H groups in total. The SMILES string of the molecule is COc1ccn(-c2ccc3nc(-c4cccnc4N)n(-c4ccc5c(c4)CC(F)[C@@H]5NC(=O)OC(C)(C)C)c3n2)n1. The summed E-state index contributed by atoms with van der Waals surface area (Å²) in [6, 6.07) is 13.8. The zero-order valence-electron chi connectivity index (χ0n) is 23.0. The molecule has 4 aromatic heterocycles. The van der Waals surface area contributed by atoms with Gasteiger partial charge in [-0.25, -0.2) is 28.8 Å². The van der Waals surface area contributed by atoms with Gasteiger partial charge in [0.1, 0.15) is 23.1 Å². The van der Waals surface area contributed by atoms with Crippen molar-refractivity contribution < 1.29 is 18.7 Å². The number of imidazole rings is 1. The molecule has 1 amide bonds. The maximum absolute atomic E-state index is 15.2. The number of nitrogens with two attached hydrogens (primary N) is 1. The molecule has 1 aliphatic carbocycles. The first-order chi connectivity index (χ1) is 19.6. The first kappa shape index (κ1) is 26.2. The van der Waals surface area contributed by atoms with Gasteiger partial charge in [0, 0.05) is 30.6 Å². The molecular formula is C29H29FN8O3. The maximum Gasteiger partial charge on any atom is 0.408 e. The van der Waals surface area contributed by atoms with Gasteiger partial charge in [0.05, 0.1) is 18.7 Å². The molecule has 0 aliphatic heterocycles. The van der Waals surface area contributed by atoms with Crippen LogP contribution in [0.2, 0.25) is 0 Å². The Bertz CT molecular complexity index is 1770. The number of pyridine rings is 2. The Hall–Kier alpha value is -5.00. The van der Waals surface area contributed by atoms with Crippen molar-refractivity contribution >= 4 is 23.1 Å². The van der Waals surface area contributed by atoms with E-state index in [2.05, 4.69) is 15.4 Å². The first-order valence-corrected chi connectivity index (χ1v) is 13.1. The number of nitrogens with one attached hydrogen (secondary N) is 1. The third kappa shape index (κ3) is 4.92. The van der Waals surface area contributed by atoms with E-state index in [0.717, 1.165) is 5.56 Å². The molecule has 1 aromatic carbocycles. The number of hydrogen-bond acceptors (Lipinski definition) is 8. The van der Waals surface area contributed by atoms with Crippen LogP contribution in [0.5, 0.6) is 5.88 Å². The van der Waals surface area contributed by atoms with Crippen LogP contribution in [-0.2, 0) is 11.2 Å². The Morgan fingerprint density at radius 1 is 1.15 bits per heavy atom. The van der Waals surface area contributed by atoms with Gasteiger partial charge in [-0.2, -0.15) is 0 Å². The molecule has 210 valence electrons. The lowest BCUT2D eigenvalue weighted by Gasteiger charge is -2.23. The van der Waals surface area contributed by atoms with E-state index in [1.165, 1.54) is 0 Å². The van der Waals surface area contributed by atoms with Crippen LogP contribution < -0.4 is 15.8 Å². The Labute approximate surface area is 235 Å². The number of carbonyl (C=O) groups excluding carboxylic acids is 1. The van der Waals surface area contributed by atoms with E-state index >= 15 is 4.39 Å². The molecule has 41 heavy (non-hydrogen) atoms. The summed E-state index contributed by atoms with van der Waals surface area (Å²) < 4.78 is 29.3. The third-order valence-corrected chi connectivity index (χ3v) is 6.75. The number of rotatable bonds is 5. The highest BCUT2D eigenvalue weighted by Crippen LogP contribution is 2.37. The van der Waals surface area contributed by atoms with Crippen molar-refractivity contribution in [2.45, 2.75) is 45.0 Å². The molecule has 0 radical (unpaired) electrons. The highest BCUT2D eigenvalue weighted by atomic mass is 19.1. The molecule has 1 aliphatic rings. The van der Waals surface area contributed by atoms with E-state index in [9.17, 15) is 4.79 Å². The van der Waals surface area contributed by atoms with Crippen molar-refractivity contribution in [3.8, 4) is 28.8 Å². The standard InChI is InChI=1S/C29H29FN8O3/c1-29(2,3)41-28(39)35-24-18-8-7-17(14-16(18)15-20(24)30)38-26(19-6-5-12-32-25(19)31)33-21-9-10-22(34-27(21)38)37-13-11-23(36-37)40-4/h5-14,20,24H,15H2,1-4H3,(H2,31,32)(H,35,39)/t20?,24-/m1/s1. The van der Waals surface area contributed by atoms with Crippen LogP contribution in [-0.4, -0.2) is 54.3 Å². The highest BCUT2D eigenvalue weighted by Gasteiger charge is 2.35. The molecule has 0 spiro atoms. The number of anilines is 1. The second-order valence-corrected chi connectivity index (χ2v) is 10.7. The fourth-order valence-corrected chi connectivity index (χ4v) is 4.99. The predicted molar refractivity (Wildman–Crippen MR) is 151 cm³/mol. The maximum atomic E-state index is 15.2. The van der Waals surface area contributed by atoms with Crippen molar-refractivity contribution in [1.29, 1.82) is 0 Å². The minimum Gasteiger partial charge on any atom is -0.480 e. The lowest BCUT2D eigenvalue weighted by Crippen LogP contribution is -2.37. The number of ether oxygens (including phenoxy) is 2. The Morgan fingerprint density at radius 2 is 1.98 bits per heavy atom. The molecule has 11 nitrogen and oxygen atoms in total. The number of nitrogen functional groups attached to an aromatic ring is 1. The second kappa shape index (κ2) is 9.88. The van der Waals surface area contributed by atoms with E-state index < -0.39 is 23.9 Å². The van der Waals surface area contributed by atoms with Gasteiger partial charge in [-0.15, -0.1) is 5.10 Å². The first-order valence-electron chi connectivity index (χ1n) is 13.1. The summed E-state index contributed by atoms with van der Waals surface area (Å²) in [5.41, 5.74) is 9.53. The predicted octanol–water partition coefficient (Wildman–Crippen LogP) is 4.72. The monoisotopic (exact) mass is 556 g/mol. The molecule has 2 atom stereocenters. The number of halogens is 1. The van der Waals surface area contributed by atoms with E-state index in [4.69, 9.17) is 25.2 Å². The van der Waals surface area contributed by atoms with Crippen molar-refractivity contribution in [3.63, 3.8) is 0 Å². The van der Waals surface area contributed by atoms with Crippen LogP contribution in [0.4, 0.5) is 15.0 Å². The molecule has 5 aromatic rings. The number of carbonyl (C=O) groups is 1. The van der Waals surface area contributed by atoms with Crippen molar-refractivity contribution in [2.75, 3.05) is 12.8 Å². The number of alkyl carbamates (subject to hydrolysis) is 1. The number of benzene rings is 1. The molecule has 1 unspecified atom stereocenters. The van der Waals surface area contributed by atoms with Crippen LogP contribution in [0, 0.1) is 0 Å². The average Bonchev–Trinajstić information content (AvgIpc) is 3.63. The molecule has 0 saturated carbocycles.